The molecule has 3 amide bonds. The summed E-state index contributed by atoms with van der Waals surface area (Å²) < 4.78 is 10.6. The molecule has 32 heavy (non-hydrogen) atoms. The molecule has 0 radical (unpaired) electrons. The summed E-state index contributed by atoms with van der Waals surface area (Å²) in [5.41, 5.74) is 0.245. The smallest absolute Gasteiger partial charge is 0.410 e. The second-order valence-corrected chi connectivity index (χ2v) is 9.21. The molecule has 2 aliphatic rings. The van der Waals surface area contributed by atoms with Gasteiger partial charge in [0.15, 0.2) is 0 Å². The monoisotopic (exact) mass is 446 g/mol. The quantitative estimate of drug-likeness (QED) is 0.716. The van der Waals surface area contributed by atoms with Gasteiger partial charge in [0.05, 0.1) is 13.0 Å². The highest BCUT2D eigenvalue weighted by Crippen LogP contribution is 2.28. The summed E-state index contributed by atoms with van der Waals surface area (Å²) in [5.74, 6) is 0.153. The molecule has 0 bridgehead atoms. The van der Waals surface area contributed by atoms with Crippen molar-refractivity contribution in [1.82, 2.24) is 15.1 Å². The zero-order valence-corrected chi connectivity index (χ0v) is 19.4. The fourth-order valence-electron chi connectivity index (χ4n) is 3.87. The molecule has 9 heteroatoms. The minimum absolute atomic E-state index is 0.0586. The number of amides is 3. The molecule has 3 rings (SSSR count). The van der Waals surface area contributed by atoms with Crippen molar-refractivity contribution in [3.8, 4) is 5.75 Å². The van der Waals surface area contributed by atoms with E-state index in [9.17, 15) is 14.4 Å². The normalized spacial score (nSPS) is 19.8. The van der Waals surface area contributed by atoms with E-state index in [0.717, 1.165) is 18.8 Å². The van der Waals surface area contributed by atoms with Crippen LogP contribution in [0.5, 0.6) is 5.75 Å². The highest BCUT2D eigenvalue weighted by Gasteiger charge is 2.35. The van der Waals surface area contributed by atoms with Crippen molar-refractivity contribution in [3.05, 3.63) is 24.3 Å². The Morgan fingerprint density at radius 2 is 1.88 bits per heavy atom. The van der Waals surface area contributed by atoms with Crippen LogP contribution in [0.25, 0.3) is 0 Å². The van der Waals surface area contributed by atoms with Crippen molar-refractivity contribution >= 4 is 23.6 Å². The zero-order chi connectivity index (χ0) is 23.3. The summed E-state index contributed by atoms with van der Waals surface area (Å²) in [6, 6.07) is 7.30. The molecule has 0 spiro atoms. The summed E-state index contributed by atoms with van der Waals surface area (Å²) in [4.78, 5) is 42.8. The Morgan fingerprint density at radius 1 is 1.16 bits per heavy atom. The van der Waals surface area contributed by atoms with E-state index < -0.39 is 5.60 Å². The van der Waals surface area contributed by atoms with Crippen LogP contribution >= 0.6 is 0 Å². The van der Waals surface area contributed by atoms with E-state index in [-0.39, 0.29) is 30.2 Å². The number of piperazine rings is 1. The number of hydrogen-bond acceptors (Lipinski definition) is 6. The molecule has 2 heterocycles. The summed E-state index contributed by atoms with van der Waals surface area (Å²) in [6.45, 7) is 9.84. The average molecular weight is 447 g/mol. The maximum atomic E-state index is 12.6. The van der Waals surface area contributed by atoms with Crippen LogP contribution in [0, 0.1) is 5.92 Å². The Kier molecular flexibility index (Phi) is 7.60. The first-order valence-electron chi connectivity index (χ1n) is 11.1. The molecular formula is C23H34N4O5. The fourth-order valence-corrected chi connectivity index (χ4v) is 3.87. The van der Waals surface area contributed by atoms with Crippen LogP contribution in [-0.4, -0.2) is 86.2 Å². The van der Waals surface area contributed by atoms with E-state index in [1.54, 1.807) is 23.0 Å². The van der Waals surface area contributed by atoms with Crippen LogP contribution in [0.2, 0.25) is 0 Å². The Hall–Kier alpha value is -2.81. The van der Waals surface area contributed by atoms with Crippen molar-refractivity contribution in [3.63, 3.8) is 0 Å². The third-order valence-corrected chi connectivity index (χ3v) is 5.61. The van der Waals surface area contributed by atoms with Gasteiger partial charge in [0.2, 0.25) is 11.8 Å². The molecule has 1 aromatic carbocycles. The maximum absolute atomic E-state index is 12.6. The molecule has 1 N–H and O–H groups in total. The molecule has 2 fully saturated rings. The Morgan fingerprint density at radius 3 is 2.53 bits per heavy atom. The molecule has 176 valence electrons. The molecular weight excluding hydrogens is 412 g/mol. The Balaban J connectivity index is 1.39. The number of hydrogen-bond donors (Lipinski definition) is 1. The number of nitrogens with one attached hydrogen (secondary N) is 1. The van der Waals surface area contributed by atoms with Gasteiger partial charge in [0.1, 0.15) is 11.4 Å². The van der Waals surface area contributed by atoms with E-state index in [1.165, 1.54) is 0 Å². The SMILES string of the molecule is COc1cccc(N2CC(C(=O)NCCN3CCN(C(=O)OC(C)(C)C)CC3)CC2=O)c1. The van der Waals surface area contributed by atoms with Crippen LogP contribution in [0.4, 0.5) is 10.5 Å². The lowest BCUT2D eigenvalue weighted by Crippen LogP contribution is -2.51. The van der Waals surface area contributed by atoms with Crippen LogP contribution < -0.4 is 15.0 Å². The summed E-state index contributed by atoms with van der Waals surface area (Å²) in [7, 11) is 1.58. The van der Waals surface area contributed by atoms with E-state index in [4.69, 9.17) is 9.47 Å². The van der Waals surface area contributed by atoms with Gasteiger partial charge in [0.25, 0.3) is 0 Å². The summed E-state index contributed by atoms with van der Waals surface area (Å²) in [5, 5.41) is 2.96. The Bertz CT molecular complexity index is 830. The highest BCUT2D eigenvalue weighted by molar-refractivity contribution is 6.00. The van der Waals surface area contributed by atoms with Crippen molar-refractivity contribution in [2.75, 3.05) is 57.8 Å². The van der Waals surface area contributed by atoms with E-state index in [0.29, 0.717) is 38.5 Å². The number of ether oxygens (including phenoxy) is 2. The second-order valence-electron chi connectivity index (χ2n) is 9.21. The largest absolute Gasteiger partial charge is 0.497 e. The van der Waals surface area contributed by atoms with Crippen molar-refractivity contribution < 1.29 is 23.9 Å². The molecule has 1 aromatic rings. The number of carbonyl (C=O) groups is 3. The van der Waals surface area contributed by atoms with E-state index in [1.807, 2.05) is 39.0 Å². The van der Waals surface area contributed by atoms with E-state index >= 15 is 0 Å². The predicted molar refractivity (Wildman–Crippen MR) is 121 cm³/mol. The van der Waals surface area contributed by atoms with Gasteiger partial charge in [-0.25, -0.2) is 4.79 Å². The third kappa shape index (κ3) is 6.35. The van der Waals surface area contributed by atoms with Gasteiger partial charge in [-0.1, -0.05) is 6.07 Å². The van der Waals surface area contributed by atoms with E-state index in [2.05, 4.69) is 10.2 Å². The van der Waals surface area contributed by atoms with Crippen LogP contribution in [-0.2, 0) is 14.3 Å². The third-order valence-electron chi connectivity index (χ3n) is 5.61. The number of carbonyl (C=O) groups excluding carboxylic acids is 3. The maximum Gasteiger partial charge on any atom is 0.410 e. The van der Waals surface area contributed by atoms with Crippen LogP contribution in [0.15, 0.2) is 24.3 Å². The van der Waals surface area contributed by atoms with Gasteiger partial charge in [-0.05, 0) is 32.9 Å². The van der Waals surface area contributed by atoms with Crippen LogP contribution in [0.1, 0.15) is 27.2 Å². The first kappa shape index (κ1) is 23.8. The average Bonchev–Trinajstić information content (AvgIpc) is 3.15. The number of nitrogens with zero attached hydrogens (tertiary/aromatic N) is 3. The second kappa shape index (κ2) is 10.2. The lowest BCUT2D eigenvalue weighted by molar-refractivity contribution is -0.126. The topological polar surface area (TPSA) is 91.4 Å². The zero-order valence-electron chi connectivity index (χ0n) is 19.4. The number of rotatable bonds is 6. The molecule has 9 nitrogen and oxygen atoms in total. The fraction of sp³-hybridized carbons (Fsp3) is 0.609. The molecule has 0 aromatic heterocycles. The minimum Gasteiger partial charge on any atom is -0.497 e. The number of methoxy groups -OCH3 is 1. The molecule has 2 saturated heterocycles. The number of anilines is 1. The number of benzene rings is 1. The molecule has 0 aliphatic carbocycles. The van der Waals surface area contributed by atoms with Crippen molar-refractivity contribution in [1.29, 1.82) is 0 Å². The Labute approximate surface area is 189 Å². The highest BCUT2D eigenvalue weighted by atomic mass is 16.6. The summed E-state index contributed by atoms with van der Waals surface area (Å²) >= 11 is 0. The van der Waals surface area contributed by atoms with Gasteiger partial charge >= 0.3 is 6.09 Å². The van der Waals surface area contributed by atoms with Gasteiger partial charge in [0, 0.05) is 64.0 Å². The van der Waals surface area contributed by atoms with Gasteiger partial charge in [-0.2, -0.15) is 0 Å². The van der Waals surface area contributed by atoms with Crippen molar-refractivity contribution in [2.45, 2.75) is 32.8 Å². The first-order chi connectivity index (χ1) is 15.2. The van der Waals surface area contributed by atoms with Gasteiger partial charge in [-0.3, -0.25) is 14.5 Å². The molecule has 2 aliphatic heterocycles. The molecule has 0 saturated carbocycles. The molecule has 1 atom stereocenters. The lowest BCUT2D eigenvalue weighted by atomic mass is 10.1. The predicted octanol–water partition coefficient (Wildman–Crippen LogP) is 1.72. The summed E-state index contributed by atoms with van der Waals surface area (Å²) in [6.07, 6.45) is -0.0746. The standard InChI is InChI=1S/C23H34N4O5/c1-23(2,3)32-22(30)26-12-10-25(11-13-26)9-8-24-21(29)17-14-20(28)27(16-17)18-6-5-7-19(15-18)31-4/h5-7,15,17H,8-14,16H2,1-4H3,(H,24,29). The van der Waals surface area contributed by atoms with Gasteiger partial charge < -0.3 is 24.6 Å². The van der Waals surface area contributed by atoms with Crippen LogP contribution in [0.3, 0.4) is 0 Å². The first-order valence-corrected chi connectivity index (χ1v) is 11.1. The van der Waals surface area contributed by atoms with Gasteiger partial charge in [-0.15, -0.1) is 0 Å². The lowest BCUT2D eigenvalue weighted by Gasteiger charge is -2.35. The minimum atomic E-state index is -0.498. The molecule has 1 unspecified atom stereocenters. The van der Waals surface area contributed by atoms with Crippen molar-refractivity contribution in [2.24, 2.45) is 5.92 Å².